The van der Waals surface area contributed by atoms with Gasteiger partial charge in [0.15, 0.2) is 0 Å². The lowest BCUT2D eigenvalue weighted by Crippen LogP contribution is -2.52. The van der Waals surface area contributed by atoms with E-state index in [-0.39, 0.29) is 36.8 Å². The van der Waals surface area contributed by atoms with Crippen LogP contribution in [0.5, 0.6) is 0 Å². The van der Waals surface area contributed by atoms with Crippen molar-refractivity contribution in [2.75, 3.05) is 26.2 Å². The van der Waals surface area contributed by atoms with E-state index in [0.29, 0.717) is 12.3 Å². The van der Waals surface area contributed by atoms with E-state index in [4.69, 9.17) is 0 Å². The molecule has 2 unspecified atom stereocenters. The van der Waals surface area contributed by atoms with Gasteiger partial charge in [0.2, 0.25) is 11.8 Å². The standard InChI is InChI=1S/C14H25N3O2.ClH/c1-11-6-7-15-9-12(11)16-13(18)10-17-8-4-2-3-5-14(17)19;/h11-12,15H,2-10H2,1H3,(H,16,18);1H. The van der Waals surface area contributed by atoms with E-state index in [0.717, 1.165) is 45.3 Å². The molecule has 0 aliphatic carbocycles. The van der Waals surface area contributed by atoms with Gasteiger partial charge in [-0.15, -0.1) is 12.4 Å². The summed E-state index contributed by atoms with van der Waals surface area (Å²) in [5.41, 5.74) is 0. The number of hydrogen-bond donors (Lipinski definition) is 2. The van der Waals surface area contributed by atoms with Crippen LogP contribution in [0, 0.1) is 5.92 Å². The van der Waals surface area contributed by atoms with Gasteiger partial charge >= 0.3 is 0 Å². The number of halogens is 1. The lowest BCUT2D eigenvalue weighted by molar-refractivity contribution is -0.136. The minimum Gasteiger partial charge on any atom is -0.350 e. The van der Waals surface area contributed by atoms with Crippen LogP contribution in [0.3, 0.4) is 0 Å². The Kier molecular flexibility index (Phi) is 7.30. The number of amides is 2. The molecule has 2 atom stereocenters. The normalized spacial score (nSPS) is 27.4. The van der Waals surface area contributed by atoms with Gasteiger partial charge in [-0.25, -0.2) is 0 Å². The van der Waals surface area contributed by atoms with Crippen molar-refractivity contribution >= 4 is 24.2 Å². The van der Waals surface area contributed by atoms with E-state index in [1.165, 1.54) is 0 Å². The maximum Gasteiger partial charge on any atom is 0.239 e. The van der Waals surface area contributed by atoms with Crippen molar-refractivity contribution in [3.05, 3.63) is 0 Å². The van der Waals surface area contributed by atoms with Gasteiger partial charge in [0.25, 0.3) is 0 Å². The van der Waals surface area contributed by atoms with E-state index >= 15 is 0 Å². The van der Waals surface area contributed by atoms with Gasteiger partial charge in [0.05, 0.1) is 6.54 Å². The lowest BCUT2D eigenvalue weighted by atomic mass is 9.95. The van der Waals surface area contributed by atoms with E-state index in [1.54, 1.807) is 4.90 Å². The van der Waals surface area contributed by atoms with Gasteiger partial charge in [-0.05, 0) is 31.7 Å². The summed E-state index contributed by atoms with van der Waals surface area (Å²) in [4.78, 5) is 25.6. The molecule has 6 heteroatoms. The molecular formula is C14H26ClN3O2. The SMILES string of the molecule is CC1CCNCC1NC(=O)CN1CCCCCC1=O.Cl. The molecule has 2 aliphatic heterocycles. The fourth-order valence-electron chi connectivity index (χ4n) is 2.81. The first-order valence-electron chi connectivity index (χ1n) is 7.44. The number of carbonyl (C=O) groups excluding carboxylic acids is 2. The summed E-state index contributed by atoms with van der Waals surface area (Å²) in [7, 11) is 0. The highest BCUT2D eigenvalue weighted by Crippen LogP contribution is 2.12. The summed E-state index contributed by atoms with van der Waals surface area (Å²) in [6, 6.07) is 0.198. The highest BCUT2D eigenvalue weighted by molar-refractivity contribution is 5.85. The molecule has 0 aromatic carbocycles. The second-order valence-corrected chi connectivity index (χ2v) is 5.77. The van der Waals surface area contributed by atoms with Gasteiger partial charge in [0.1, 0.15) is 0 Å². The van der Waals surface area contributed by atoms with Gasteiger partial charge in [0, 0.05) is 25.6 Å². The Balaban J connectivity index is 0.00000200. The Bertz CT molecular complexity index is 338. The Hall–Kier alpha value is -0.810. The van der Waals surface area contributed by atoms with Crippen LogP contribution in [0.4, 0.5) is 0 Å². The Labute approximate surface area is 127 Å². The maximum absolute atomic E-state index is 12.1. The fourth-order valence-corrected chi connectivity index (χ4v) is 2.81. The fraction of sp³-hybridized carbons (Fsp3) is 0.857. The molecular weight excluding hydrogens is 278 g/mol. The molecule has 2 amide bonds. The second kappa shape index (κ2) is 8.47. The summed E-state index contributed by atoms with van der Waals surface area (Å²) < 4.78 is 0. The highest BCUT2D eigenvalue weighted by Gasteiger charge is 2.24. The Morgan fingerprint density at radius 3 is 2.95 bits per heavy atom. The molecule has 2 heterocycles. The first-order chi connectivity index (χ1) is 9.16. The number of carbonyl (C=O) groups is 2. The molecule has 2 N–H and O–H groups in total. The van der Waals surface area contributed by atoms with Crippen LogP contribution in [0.15, 0.2) is 0 Å². The Morgan fingerprint density at radius 1 is 1.40 bits per heavy atom. The minimum atomic E-state index is -0.0178. The van der Waals surface area contributed by atoms with Crippen LogP contribution in [0.1, 0.15) is 39.0 Å². The summed E-state index contributed by atoms with van der Waals surface area (Å²) in [5, 5.41) is 6.36. The number of likely N-dealkylation sites (tertiary alicyclic amines) is 1. The van der Waals surface area contributed by atoms with Crippen molar-refractivity contribution in [1.29, 1.82) is 0 Å². The predicted molar refractivity (Wildman–Crippen MR) is 80.9 cm³/mol. The summed E-state index contributed by atoms with van der Waals surface area (Å²) in [6.45, 7) is 4.98. The van der Waals surface area contributed by atoms with Gasteiger partial charge < -0.3 is 15.5 Å². The van der Waals surface area contributed by atoms with Crippen molar-refractivity contribution in [3.63, 3.8) is 0 Å². The molecule has 2 saturated heterocycles. The number of hydrogen-bond acceptors (Lipinski definition) is 3. The van der Waals surface area contributed by atoms with Crippen LogP contribution < -0.4 is 10.6 Å². The molecule has 20 heavy (non-hydrogen) atoms. The van der Waals surface area contributed by atoms with E-state index in [2.05, 4.69) is 17.6 Å². The molecule has 116 valence electrons. The zero-order valence-corrected chi connectivity index (χ0v) is 13.0. The minimum absolute atomic E-state index is 0. The first-order valence-corrected chi connectivity index (χ1v) is 7.44. The predicted octanol–water partition coefficient (Wildman–Crippen LogP) is 0.925. The molecule has 5 nitrogen and oxygen atoms in total. The molecule has 2 rings (SSSR count). The van der Waals surface area contributed by atoms with Crippen molar-refractivity contribution in [3.8, 4) is 0 Å². The van der Waals surface area contributed by atoms with Crippen molar-refractivity contribution in [2.45, 2.75) is 45.1 Å². The third-order valence-corrected chi connectivity index (χ3v) is 4.18. The molecule has 2 aliphatic rings. The molecule has 2 fully saturated rings. The maximum atomic E-state index is 12.1. The monoisotopic (exact) mass is 303 g/mol. The van der Waals surface area contributed by atoms with E-state index in [9.17, 15) is 9.59 Å². The molecule has 0 spiro atoms. The number of nitrogens with one attached hydrogen (secondary N) is 2. The number of rotatable bonds is 3. The van der Waals surface area contributed by atoms with Gasteiger partial charge in [-0.1, -0.05) is 13.3 Å². The molecule has 0 aromatic heterocycles. The average Bonchev–Trinajstić information content (AvgIpc) is 2.58. The zero-order chi connectivity index (χ0) is 13.7. The van der Waals surface area contributed by atoms with E-state index in [1.807, 2.05) is 0 Å². The van der Waals surface area contributed by atoms with Crippen LogP contribution in [-0.4, -0.2) is 48.9 Å². The van der Waals surface area contributed by atoms with Crippen molar-refractivity contribution in [2.24, 2.45) is 5.92 Å². The lowest BCUT2D eigenvalue weighted by Gasteiger charge is -2.31. The zero-order valence-electron chi connectivity index (χ0n) is 12.2. The molecule has 0 saturated carbocycles. The summed E-state index contributed by atoms with van der Waals surface area (Å²) in [6.07, 6.45) is 4.75. The van der Waals surface area contributed by atoms with Crippen molar-refractivity contribution < 1.29 is 9.59 Å². The van der Waals surface area contributed by atoms with Gasteiger partial charge in [-0.3, -0.25) is 9.59 Å². The molecule has 0 radical (unpaired) electrons. The van der Waals surface area contributed by atoms with Crippen LogP contribution in [0.2, 0.25) is 0 Å². The smallest absolute Gasteiger partial charge is 0.239 e. The topological polar surface area (TPSA) is 61.4 Å². The van der Waals surface area contributed by atoms with E-state index < -0.39 is 0 Å². The largest absolute Gasteiger partial charge is 0.350 e. The quantitative estimate of drug-likeness (QED) is 0.815. The van der Waals surface area contributed by atoms with Crippen LogP contribution in [0.25, 0.3) is 0 Å². The molecule has 0 aromatic rings. The summed E-state index contributed by atoms with van der Waals surface area (Å²) >= 11 is 0. The Morgan fingerprint density at radius 2 is 2.20 bits per heavy atom. The third kappa shape index (κ3) is 4.94. The summed E-state index contributed by atoms with van der Waals surface area (Å²) in [5.74, 6) is 0.614. The van der Waals surface area contributed by atoms with Crippen LogP contribution in [-0.2, 0) is 9.59 Å². The average molecular weight is 304 g/mol. The van der Waals surface area contributed by atoms with Gasteiger partial charge in [-0.2, -0.15) is 0 Å². The molecule has 0 bridgehead atoms. The second-order valence-electron chi connectivity index (χ2n) is 5.77. The van der Waals surface area contributed by atoms with Crippen LogP contribution >= 0.6 is 12.4 Å². The first kappa shape index (κ1) is 17.2. The number of piperidine rings is 1. The third-order valence-electron chi connectivity index (χ3n) is 4.18. The highest BCUT2D eigenvalue weighted by atomic mass is 35.5. The number of nitrogens with zero attached hydrogens (tertiary/aromatic N) is 1. The van der Waals surface area contributed by atoms with Crippen molar-refractivity contribution in [1.82, 2.24) is 15.5 Å².